The lowest BCUT2D eigenvalue weighted by Crippen LogP contribution is -2.37. The summed E-state index contributed by atoms with van der Waals surface area (Å²) in [5.41, 5.74) is 0.515. The molecule has 0 fully saturated rings. The van der Waals surface area contributed by atoms with Gasteiger partial charge in [-0.3, -0.25) is 10.1 Å². The maximum absolute atomic E-state index is 12.9. The number of fused-ring (bicyclic) bond motifs is 2. The monoisotopic (exact) mass is 472 g/mol. The lowest BCUT2D eigenvalue weighted by Gasteiger charge is -2.19. The van der Waals surface area contributed by atoms with Crippen molar-refractivity contribution in [3.63, 3.8) is 0 Å². The third kappa shape index (κ3) is 3.89. The summed E-state index contributed by atoms with van der Waals surface area (Å²) in [5.74, 6) is 0.228. The second kappa shape index (κ2) is 7.83. The molecule has 0 saturated heterocycles. The molecule has 0 saturated carbocycles. The van der Waals surface area contributed by atoms with Crippen LogP contribution in [0.15, 0.2) is 35.1 Å². The normalized spacial score (nSPS) is 14.3. The van der Waals surface area contributed by atoms with Crippen molar-refractivity contribution < 1.29 is 27.3 Å². The van der Waals surface area contributed by atoms with Crippen molar-refractivity contribution in [2.45, 2.75) is 25.7 Å². The van der Waals surface area contributed by atoms with Crippen LogP contribution in [0.25, 0.3) is 22.6 Å². The standard InChI is InChI=1S/C20H15F3N8O3/c1-8(27-18(32)15-10-6-24-19(33)30-16(10)26-7-25-15)14-5-13(31-34-14)17-28-11-3-2-9(20(21,22)23)4-12(11)29-17/h2-5,7-8H,6H2,1H3,(H,27,32)(H,28,29)(H2,24,25,26,30,33). The second-order valence-corrected chi connectivity index (χ2v) is 7.48. The molecule has 1 atom stereocenters. The molecule has 1 aliphatic heterocycles. The number of carbonyl (C=O) groups is 2. The molecule has 5 rings (SSSR count). The van der Waals surface area contributed by atoms with Gasteiger partial charge in [0.05, 0.1) is 29.2 Å². The summed E-state index contributed by atoms with van der Waals surface area (Å²) in [7, 11) is 0. The topological polar surface area (TPSA) is 151 Å². The van der Waals surface area contributed by atoms with Gasteiger partial charge in [0.15, 0.2) is 11.6 Å². The van der Waals surface area contributed by atoms with E-state index in [1.807, 2.05) is 0 Å². The van der Waals surface area contributed by atoms with Gasteiger partial charge in [-0.25, -0.2) is 19.7 Å². The molecule has 174 valence electrons. The van der Waals surface area contributed by atoms with E-state index in [2.05, 4.69) is 41.0 Å². The number of aromatic amines is 1. The Morgan fingerprint density at radius 1 is 1.24 bits per heavy atom. The van der Waals surface area contributed by atoms with Gasteiger partial charge in [-0.1, -0.05) is 5.16 Å². The molecule has 34 heavy (non-hydrogen) atoms. The lowest BCUT2D eigenvalue weighted by molar-refractivity contribution is -0.137. The van der Waals surface area contributed by atoms with Crippen molar-refractivity contribution in [2.24, 2.45) is 0 Å². The SMILES string of the molecule is CC(NC(=O)c1ncnc2c1CNC(=O)N2)c1cc(-c2nc3ccc(C(F)(F)F)cc3[nH]2)no1. The number of carbonyl (C=O) groups excluding carboxylic acids is 2. The molecule has 4 aromatic rings. The van der Waals surface area contributed by atoms with Gasteiger partial charge in [-0.15, -0.1) is 0 Å². The smallest absolute Gasteiger partial charge is 0.358 e. The van der Waals surface area contributed by atoms with Crippen LogP contribution < -0.4 is 16.0 Å². The minimum absolute atomic E-state index is 0.0850. The Hall–Kier alpha value is -4.49. The molecule has 11 nitrogen and oxygen atoms in total. The van der Waals surface area contributed by atoms with Gasteiger partial charge in [-0.2, -0.15) is 13.2 Å². The lowest BCUT2D eigenvalue weighted by atomic mass is 10.1. The first kappa shape index (κ1) is 21.4. The fourth-order valence-electron chi connectivity index (χ4n) is 3.45. The number of hydrogen-bond donors (Lipinski definition) is 4. The van der Waals surface area contributed by atoms with Crippen molar-refractivity contribution >= 4 is 28.8 Å². The molecular formula is C20H15F3N8O3. The second-order valence-electron chi connectivity index (χ2n) is 7.48. The summed E-state index contributed by atoms with van der Waals surface area (Å²) in [6.07, 6.45) is -3.30. The van der Waals surface area contributed by atoms with Gasteiger partial charge in [0, 0.05) is 11.6 Å². The summed E-state index contributed by atoms with van der Waals surface area (Å²) in [6, 6.07) is 3.64. The largest absolute Gasteiger partial charge is 0.416 e. The molecule has 0 spiro atoms. The number of H-pyrrole nitrogens is 1. The highest BCUT2D eigenvalue weighted by Crippen LogP contribution is 2.32. The number of nitrogens with one attached hydrogen (secondary N) is 4. The van der Waals surface area contributed by atoms with Crippen molar-refractivity contribution in [2.75, 3.05) is 5.32 Å². The fraction of sp³-hybridized carbons (Fsp3) is 0.200. The van der Waals surface area contributed by atoms with Gasteiger partial charge in [0.2, 0.25) is 0 Å². The first-order valence-electron chi connectivity index (χ1n) is 9.92. The molecule has 4 N–H and O–H groups in total. The van der Waals surface area contributed by atoms with E-state index in [0.717, 1.165) is 12.1 Å². The van der Waals surface area contributed by atoms with Gasteiger partial charge < -0.3 is 20.1 Å². The predicted molar refractivity (Wildman–Crippen MR) is 110 cm³/mol. The maximum Gasteiger partial charge on any atom is 0.416 e. The summed E-state index contributed by atoms with van der Waals surface area (Å²) in [4.78, 5) is 39.2. The number of urea groups is 1. The highest BCUT2D eigenvalue weighted by molar-refractivity contribution is 5.98. The van der Waals surface area contributed by atoms with Crippen molar-refractivity contribution in [1.29, 1.82) is 0 Å². The zero-order valence-corrected chi connectivity index (χ0v) is 17.3. The minimum atomic E-state index is -4.47. The number of hydrogen-bond acceptors (Lipinski definition) is 7. The summed E-state index contributed by atoms with van der Waals surface area (Å²) >= 11 is 0. The summed E-state index contributed by atoms with van der Waals surface area (Å²) in [5, 5.41) is 11.7. The van der Waals surface area contributed by atoms with Gasteiger partial charge >= 0.3 is 12.2 Å². The molecular weight excluding hydrogens is 457 g/mol. The molecule has 1 unspecified atom stereocenters. The number of imidazole rings is 1. The van der Waals surface area contributed by atoms with Crippen LogP contribution in [0.1, 0.15) is 40.3 Å². The first-order chi connectivity index (χ1) is 16.2. The number of amides is 3. The molecule has 0 aliphatic carbocycles. The van der Waals surface area contributed by atoms with Gasteiger partial charge in [0.25, 0.3) is 5.91 Å². The zero-order valence-electron chi connectivity index (χ0n) is 17.3. The Bertz CT molecular complexity index is 1430. The minimum Gasteiger partial charge on any atom is -0.358 e. The summed E-state index contributed by atoms with van der Waals surface area (Å²) < 4.78 is 44.2. The van der Waals surface area contributed by atoms with Crippen molar-refractivity contribution in [3.8, 4) is 11.5 Å². The molecule has 1 aliphatic rings. The van der Waals surface area contributed by atoms with Crippen LogP contribution in [0, 0.1) is 0 Å². The molecule has 3 amide bonds. The van der Waals surface area contributed by atoms with E-state index >= 15 is 0 Å². The van der Waals surface area contributed by atoms with Crippen LogP contribution in [-0.2, 0) is 12.7 Å². The van der Waals surface area contributed by atoms with Crippen LogP contribution in [0.3, 0.4) is 0 Å². The Morgan fingerprint density at radius 2 is 2.06 bits per heavy atom. The van der Waals surface area contributed by atoms with E-state index in [0.29, 0.717) is 11.1 Å². The van der Waals surface area contributed by atoms with Gasteiger partial charge in [-0.05, 0) is 25.1 Å². The first-order valence-corrected chi connectivity index (χ1v) is 9.92. The van der Waals surface area contributed by atoms with E-state index in [4.69, 9.17) is 4.52 Å². The Kier molecular flexibility index (Phi) is 4.92. The van der Waals surface area contributed by atoms with E-state index in [1.54, 1.807) is 6.92 Å². The number of rotatable bonds is 4. The molecule has 1 aromatic carbocycles. The Balaban J connectivity index is 1.35. The van der Waals surface area contributed by atoms with E-state index in [1.165, 1.54) is 18.5 Å². The number of anilines is 1. The molecule has 14 heteroatoms. The zero-order chi connectivity index (χ0) is 24.0. The number of benzene rings is 1. The quantitative estimate of drug-likeness (QED) is 0.356. The third-order valence-electron chi connectivity index (χ3n) is 5.17. The highest BCUT2D eigenvalue weighted by Gasteiger charge is 2.31. The Morgan fingerprint density at radius 3 is 2.85 bits per heavy atom. The number of aromatic nitrogens is 5. The molecule has 3 aromatic heterocycles. The third-order valence-corrected chi connectivity index (χ3v) is 5.17. The molecule has 0 radical (unpaired) electrons. The van der Waals surface area contributed by atoms with Crippen molar-refractivity contribution in [1.82, 2.24) is 35.7 Å². The number of nitrogens with zero attached hydrogens (tertiary/aromatic N) is 4. The Labute approximate surface area is 188 Å². The van der Waals surface area contributed by atoms with Crippen LogP contribution >= 0.6 is 0 Å². The van der Waals surface area contributed by atoms with Crippen molar-refractivity contribution in [3.05, 3.63) is 53.2 Å². The van der Waals surface area contributed by atoms with Crippen LogP contribution in [-0.4, -0.2) is 37.0 Å². The average Bonchev–Trinajstić information content (AvgIpc) is 3.44. The van der Waals surface area contributed by atoms with Gasteiger partial charge in [0.1, 0.15) is 23.5 Å². The maximum atomic E-state index is 12.9. The van der Waals surface area contributed by atoms with Crippen LogP contribution in [0.2, 0.25) is 0 Å². The van der Waals surface area contributed by atoms with E-state index < -0.39 is 29.7 Å². The molecule has 0 bridgehead atoms. The predicted octanol–water partition coefficient (Wildman–Crippen LogP) is 3.15. The molecule has 4 heterocycles. The van der Waals surface area contributed by atoms with Crippen LogP contribution in [0.5, 0.6) is 0 Å². The summed E-state index contributed by atoms with van der Waals surface area (Å²) in [6.45, 7) is 1.75. The van der Waals surface area contributed by atoms with E-state index in [9.17, 15) is 22.8 Å². The number of alkyl halides is 3. The van der Waals surface area contributed by atoms with Crippen LogP contribution in [0.4, 0.5) is 23.8 Å². The highest BCUT2D eigenvalue weighted by atomic mass is 19.4. The average molecular weight is 472 g/mol. The fourth-order valence-corrected chi connectivity index (χ4v) is 3.45. The van der Waals surface area contributed by atoms with E-state index in [-0.39, 0.29) is 40.9 Å². The number of halogens is 3.